The lowest BCUT2D eigenvalue weighted by molar-refractivity contribution is 0.528. The molecular weight excluding hydrogens is 260 g/mol. The molecule has 1 heterocycles. The summed E-state index contributed by atoms with van der Waals surface area (Å²) >= 11 is 0. The summed E-state index contributed by atoms with van der Waals surface area (Å²) in [6, 6.07) is 8.59. The van der Waals surface area contributed by atoms with Gasteiger partial charge >= 0.3 is 17.1 Å². The second kappa shape index (κ2) is 5.01. The lowest BCUT2D eigenvalue weighted by atomic mass is 10.1. The van der Waals surface area contributed by atoms with E-state index < -0.39 is 17.1 Å². The first-order chi connectivity index (χ1) is 9.45. The lowest BCUT2D eigenvalue weighted by Gasteiger charge is -2.09. The van der Waals surface area contributed by atoms with Gasteiger partial charge in [0.1, 0.15) is 0 Å². The highest BCUT2D eigenvalue weighted by molar-refractivity contribution is 5.32. The first-order valence-corrected chi connectivity index (χ1v) is 5.81. The molecule has 0 atom stereocenters. The van der Waals surface area contributed by atoms with Crippen LogP contribution in [0.3, 0.4) is 0 Å². The third-order valence-electron chi connectivity index (χ3n) is 3.01. The van der Waals surface area contributed by atoms with Gasteiger partial charge in [0.15, 0.2) is 0 Å². The molecule has 0 saturated carbocycles. The van der Waals surface area contributed by atoms with Gasteiger partial charge in [-0.1, -0.05) is 12.1 Å². The van der Waals surface area contributed by atoms with E-state index in [1.807, 2.05) is 6.07 Å². The van der Waals surface area contributed by atoms with Crippen LogP contribution in [-0.4, -0.2) is 13.7 Å². The van der Waals surface area contributed by atoms with Gasteiger partial charge in [-0.25, -0.2) is 28.1 Å². The van der Waals surface area contributed by atoms with Gasteiger partial charge in [-0.15, -0.1) is 0 Å². The smallest absolute Gasteiger partial charge is 0.248 e. The Kier molecular flexibility index (Phi) is 3.39. The Bertz CT molecular complexity index is 840. The first kappa shape index (κ1) is 13.5. The molecule has 7 nitrogen and oxygen atoms in total. The molecule has 0 saturated heterocycles. The number of rotatable bonds is 2. The molecule has 20 heavy (non-hydrogen) atoms. The molecule has 1 aromatic carbocycles. The van der Waals surface area contributed by atoms with Crippen LogP contribution in [0.4, 0.5) is 0 Å². The molecule has 0 unspecified atom stereocenters. The number of aromatic nitrogens is 3. The Morgan fingerprint density at radius 3 is 2.20 bits per heavy atom. The predicted molar refractivity (Wildman–Crippen MR) is 71.4 cm³/mol. The van der Waals surface area contributed by atoms with E-state index in [4.69, 9.17) is 5.26 Å². The molecule has 0 N–H and O–H groups in total. The molecule has 2 aromatic rings. The maximum absolute atomic E-state index is 12.0. The van der Waals surface area contributed by atoms with Crippen molar-refractivity contribution in [2.45, 2.75) is 6.54 Å². The molecule has 0 amide bonds. The SMILES string of the molecule is Cn1c(=O)n(C)c(=O)n(Cc2cccc(C#N)c2)c1=O. The molecule has 0 bridgehead atoms. The van der Waals surface area contributed by atoms with E-state index in [2.05, 4.69) is 0 Å². The first-order valence-electron chi connectivity index (χ1n) is 5.81. The van der Waals surface area contributed by atoms with Crippen LogP contribution in [0, 0.1) is 11.3 Å². The Morgan fingerprint density at radius 1 is 1.05 bits per heavy atom. The van der Waals surface area contributed by atoms with Crippen molar-refractivity contribution < 1.29 is 0 Å². The maximum Gasteiger partial charge on any atom is 0.336 e. The summed E-state index contributed by atoms with van der Waals surface area (Å²) in [5.41, 5.74) is -0.943. The quantitative estimate of drug-likeness (QED) is 0.713. The van der Waals surface area contributed by atoms with Gasteiger partial charge in [0.05, 0.1) is 18.2 Å². The van der Waals surface area contributed by atoms with Gasteiger partial charge < -0.3 is 0 Å². The number of nitrogens with zero attached hydrogens (tertiary/aromatic N) is 4. The third kappa shape index (κ3) is 2.19. The Hall–Kier alpha value is -2.88. The molecule has 0 aliphatic rings. The summed E-state index contributed by atoms with van der Waals surface area (Å²) in [6.45, 7) is 0.00907. The Balaban J connectivity index is 2.61. The summed E-state index contributed by atoms with van der Waals surface area (Å²) in [6.07, 6.45) is 0. The standard InChI is InChI=1S/C13H12N4O3/c1-15-11(18)16(2)13(20)17(12(15)19)8-10-5-3-4-9(6-10)7-14/h3-6H,8H2,1-2H3. The van der Waals surface area contributed by atoms with Crippen molar-refractivity contribution in [2.75, 3.05) is 0 Å². The second-order valence-corrected chi connectivity index (χ2v) is 4.36. The fourth-order valence-electron chi connectivity index (χ4n) is 1.89. The van der Waals surface area contributed by atoms with Crippen LogP contribution in [0.15, 0.2) is 38.6 Å². The Morgan fingerprint density at radius 2 is 1.65 bits per heavy atom. The van der Waals surface area contributed by atoms with E-state index >= 15 is 0 Å². The third-order valence-corrected chi connectivity index (χ3v) is 3.01. The lowest BCUT2D eigenvalue weighted by Crippen LogP contribution is -2.52. The molecule has 0 fully saturated rings. The molecule has 0 radical (unpaired) electrons. The van der Waals surface area contributed by atoms with Gasteiger partial charge in [0.2, 0.25) is 0 Å². The summed E-state index contributed by atoms with van der Waals surface area (Å²) in [5.74, 6) is 0. The molecule has 0 aliphatic heterocycles. The molecular formula is C13H12N4O3. The van der Waals surface area contributed by atoms with Crippen LogP contribution in [0.1, 0.15) is 11.1 Å². The molecule has 102 valence electrons. The summed E-state index contributed by atoms with van der Waals surface area (Å²) in [7, 11) is 2.62. The van der Waals surface area contributed by atoms with E-state index in [-0.39, 0.29) is 6.54 Å². The highest BCUT2D eigenvalue weighted by Crippen LogP contribution is 2.04. The van der Waals surface area contributed by atoms with Crippen LogP contribution < -0.4 is 17.1 Å². The molecule has 0 aliphatic carbocycles. The van der Waals surface area contributed by atoms with Crippen molar-refractivity contribution in [3.63, 3.8) is 0 Å². The summed E-state index contributed by atoms with van der Waals surface area (Å²) in [4.78, 5) is 35.5. The highest BCUT2D eigenvalue weighted by atomic mass is 16.2. The van der Waals surface area contributed by atoms with Crippen molar-refractivity contribution in [3.8, 4) is 6.07 Å². The molecule has 1 aromatic heterocycles. The van der Waals surface area contributed by atoms with Crippen LogP contribution in [-0.2, 0) is 20.6 Å². The van der Waals surface area contributed by atoms with E-state index in [1.54, 1.807) is 24.3 Å². The average Bonchev–Trinajstić information content (AvgIpc) is 2.48. The summed E-state index contributed by atoms with van der Waals surface area (Å²) in [5, 5.41) is 8.83. The largest absolute Gasteiger partial charge is 0.336 e. The van der Waals surface area contributed by atoms with Crippen molar-refractivity contribution in [3.05, 3.63) is 66.8 Å². The van der Waals surface area contributed by atoms with Gasteiger partial charge in [-0.2, -0.15) is 5.26 Å². The van der Waals surface area contributed by atoms with Crippen LogP contribution in [0.2, 0.25) is 0 Å². The van der Waals surface area contributed by atoms with Crippen molar-refractivity contribution in [1.29, 1.82) is 5.26 Å². The monoisotopic (exact) mass is 272 g/mol. The molecule has 7 heteroatoms. The molecule has 2 rings (SSSR count). The Labute approximate surface area is 113 Å². The number of nitriles is 1. The van der Waals surface area contributed by atoms with Gasteiger partial charge in [0, 0.05) is 14.1 Å². The average molecular weight is 272 g/mol. The predicted octanol–water partition coefficient (Wildman–Crippen LogP) is -0.834. The topological polar surface area (TPSA) is 89.8 Å². The zero-order chi connectivity index (χ0) is 14.9. The number of hydrogen-bond donors (Lipinski definition) is 0. The normalized spacial score (nSPS) is 10.2. The maximum atomic E-state index is 12.0. The fraction of sp³-hybridized carbons (Fsp3) is 0.231. The minimum absolute atomic E-state index is 0.00907. The van der Waals surface area contributed by atoms with E-state index in [9.17, 15) is 14.4 Å². The van der Waals surface area contributed by atoms with Gasteiger partial charge in [0.25, 0.3) is 0 Å². The zero-order valence-electron chi connectivity index (χ0n) is 11.0. The fourth-order valence-corrected chi connectivity index (χ4v) is 1.89. The van der Waals surface area contributed by atoms with E-state index in [0.29, 0.717) is 11.1 Å². The van der Waals surface area contributed by atoms with Crippen LogP contribution in [0.5, 0.6) is 0 Å². The highest BCUT2D eigenvalue weighted by Gasteiger charge is 2.10. The number of hydrogen-bond acceptors (Lipinski definition) is 4. The van der Waals surface area contributed by atoms with Crippen molar-refractivity contribution in [1.82, 2.24) is 13.7 Å². The summed E-state index contributed by atoms with van der Waals surface area (Å²) < 4.78 is 2.70. The second-order valence-electron chi connectivity index (χ2n) is 4.36. The van der Waals surface area contributed by atoms with Crippen LogP contribution in [0.25, 0.3) is 0 Å². The van der Waals surface area contributed by atoms with Crippen LogP contribution >= 0.6 is 0 Å². The minimum Gasteiger partial charge on any atom is -0.248 e. The van der Waals surface area contributed by atoms with Crippen molar-refractivity contribution >= 4 is 0 Å². The zero-order valence-corrected chi connectivity index (χ0v) is 11.0. The van der Waals surface area contributed by atoms with E-state index in [0.717, 1.165) is 13.7 Å². The van der Waals surface area contributed by atoms with Gasteiger partial charge in [-0.3, -0.25) is 0 Å². The van der Waals surface area contributed by atoms with E-state index in [1.165, 1.54) is 14.1 Å². The number of benzene rings is 1. The van der Waals surface area contributed by atoms with Crippen molar-refractivity contribution in [2.24, 2.45) is 14.1 Å². The molecule has 0 spiro atoms. The minimum atomic E-state index is -0.680. The van der Waals surface area contributed by atoms with Gasteiger partial charge in [-0.05, 0) is 17.7 Å².